The highest BCUT2D eigenvalue weighted by Crippen LogP contribution is 2.42. The second-order valence-corrected chi connectivity index (χ2v) is 12.8. The fourth-order valence-corrected chi connectivity index (χ4v) is 7.21. The summed E-state index contributed by atoms with van der Waals surface area (Å²) in [5.41, 5.74) is 8.79. The van der Waals surface area contributed by atoms with Crippen LogP contribution in [-0.2, 0) is 0 Å². The second-order valence-electron chi connectivity index (χ2n) is 12.8. The highest BCUT2D eigenvalue weighted by Gasteiger charge is 2.21. The highest BCUT2D eigenvalue weighted by atomic mass is 16.3. The van der Waals surface area contributed by atoms with E-state index >= 15 is 0 Å². The number of hydrogen-bond acceptors (Lipinski definition) is 4. The molecule has 10 aromatic rings. The van der Waals surface area contributed by atoms with Crippen molar-refractivity contribution in [3.63, 3.8) is 0 Å². The van der Waals surface area contributed by atoms with Crippen LogP contribution in [0.4, 0.5) is 0 Å². The lowest BCUT2D eigenvalue weighted by atomic mass is 9.95. The molecule has 4 nitrogen and oxygen atoms in total. The smallest absolute Gasteiger partial charge is 0.164 e. The first kappa shape index (κ1) is 29.0. The number of furan rings is 1. The minimum atomic E-state index is 0.596. The Labute approximate surface area is 294 Å². The standard InChI is InChI=1S/C47H29N3O/c1-3-11-30(12-4-1)31-19-22-34(23-20-31)46-48-45(33-14-5-2-6-15-33)49-47(50-46)41-28-27-39(44-43(41)40-17-9-10-18-42(40)51-44)36-25-26-38-35(29-36)24-21-32-13-7-8-16-37(32)38/h1-29H. The maximum atomic E-state index is 6.70. The predicted octanol–water partition coefficient (Wildman–Crippen LogP) is 12.4. The molecule has 0 saturated carbocycles. The molecule has 4 heteroatoms. The topological polar surface area (TPSA) is 51.8 Å². The molecule has 238 valence electrons. The fraction of sp³-hybridized carbons (Fsp3) is 0. The Hall–Kier alpha value is -6.91. The number of benzene rings is 8. The Morgan fingerprint density at radius 1 is 0.333 bits per heavy atom. The van der Waals surface area contributed by atoms with Crippen LogP contribution in [0.15, 0.2) is 180 Å². The number of aromatic nitrogens is 3. The summed E-state index contributed by atoms with van der Waals surface area (Å²) in [5, 5.41) is 6.91. The summed E-state index contributed by atoms with van der Waals surface area (Å²) < 4.78 is 6.70. The van der Waals surface area contributed by atoms with Crippen molar-refractivity contribution < 1.29 is 4.42 Å². The Kier molecular flexibility index (Phi) is 6.78. The number of rotatable bonds is 5. The Balaban J connectivity index is 1.17. The zero-order valence-electron chi connectivity index (χ0n) is 27.5. The van der Waals surface area contributed by atoms with E-state index in [4.69, 9.17) is 19.4 Å². The normalized spacial score (nSPS) is 11.5. The molecule has 51 heavy (non-hydrogen) atoms. The summed E-state index contributed by atoms with van der Waals surface area (Å²) in [4.78, 5) is 15.3. The molecule has 0 atom stereocenters. The molecule has 2 heterocycles. The van der Waals surface area contributed by atoms with Crippen LogP contribution in [-0.4, -0.2) is 15.0 Å². The number of fused-ring (bicyclic) bond motifs is 6. The van der Waals surface area contributed by atoms with Crippen LogP contribution in [0, 0.1) is 0 Å². The third-order valence-electron chi connectivity index (χ3n) is 9.74. The van der Waals surface area contributed by atoms with Crippen molar-refractivity contribution in [3.05, 3.63) is 176 Å². The molecule has 0 aliphatic rings. The first-order valence-corrected chi connectivity index (χ1v) is 17.1. The molecular formula is C47H29N3O. The minimum absolute atomic E-state index is 0.596. The van der Waals surface area contributed by atoms with E-state index in [0.717, 1.165) is 55.3 Å². The monoisotopic (exact) mass is 651 g/mol. The van der Waals surface area contributed by atoms with Crippen LogP contribution in [0.1, 0.15) is 0 Å². The van der Waals surface area contributed by atoms with Gasteiger partial charge in [0.05, 0.1) is 0 Å². The van der Waals surface area contributed by atoms with Gasteiger partial charge in [0, 0.05) is 33.0 Å². The Morgan fingerprint density at radius 3 is 1.65 bits per heavy atom. The van der Waals surface area contributed by atoms with Crippen molar-refractivity contribution in [3.8, 4) is 56.4 Å². The Bertz CT molecular complexity index is 2900. The zero-order valence-corrected chi connectivity index (χ0v) is 27.5. The summed E-state index contributed by atoms with van der Waals surface area (Å²) in [7, 11) is 0. The van der Waals surface area contributed by atoms with Crippen molar-refractivity contribution >= 4 is 43.5 Å². The van der Waals surface area contributed by atoms with Gasteiger partial charge in [-0.3, -0.25) is 0 Å². The van der Waals surface area contributed by atoms with Gasteiger partial charge in [0.15, 0.2) is 17.5 Å². The molecule has 0 bridgehead atoms. The summed E-state index contributed by atoms with van der Waals surface area (Å²) >= 11 is 0. The van der Waals surface area contributed by atoms with Gasteiger partial charge in [-0.1, -0.05) is 152 Å². The molecule has 8 aromatic carbocycles. The van der Waals surface area contributed by atoms with E-state index in [-0.39, 0.29) is 0 Å². The summed E-state index contributed by atoms with van der Waals surface area (Å²) in [6.45, 7) is 0. The lowest BCUT2D eigenvalue weighted by Gasteiger charge is -2.12. The lowest BCUT2D eigenvalue weighted by molar-refractivity contribution is 0.670. The third-order valence-corrected chi connectivity index (χ3v) is 9.74. The van der Waals surface area contributed by atoms with Crippen molar-refractivity contribution in [2.45, 2.75) is 0 Å². The van der Waals surface area contributed by atoms with E-state index in [1.54, 1.807) is 0 Å². The van der Waals surface area contributed by atoms with Gasteiger partial charge in [-0.15, -0.1) is 0 Å². The van der Waals surface area contributed by atoms with Gasteiger partial charge in [0.25, 0.3) is 0 Å². The van der Waals surface area contributed by atoms with Gasteiger partial charge in [0.2, 0.25) is 0 Å². The average Bonchev–Trinajstić information content (AvgIpc) is 3.61. The SMILES string of the molecule is c1ccc(-c2ccc(-c3nc(-c4ccccc4)nc(-c4ccc(-c5ccc6c(ccc7ccccc76)c5)c5oc6ccccc6c45)n3)cc2)cc1. The first-order chi connectivity index (χ1) is 25.3. The zero-order chi connectivity index (χ0) is 33.7. The van der Waals surface area contributed by atoms with Crippen LogP contribution < -0.4 is 0 Å². The number of para-hydroxylation sites is 1. The molecule has 0 saturated heterocycles. The molecule has 0 aliphatic carbocycles. The van der Waals surface area contributed by atoms with E-state index in [0.29, 0.717) is 17.5 Å². The summed E-state index contributed by atoms with van der Waals surface area (Å²) in [6, 6.07) is 61.0. The van der Waals surface area contributed by atoms with E-state index < -0.39 is 0 Å². The molecule has 0 spiro atoms. The van der Waals surface area contributed by atoms with Gasteiger partial charge < -0.3 is 4.42 Å². The molecule has 2 aromatic heterocycles. The molecule has 0 radical (unpaired) electrons. The number of hydrogen-bond donors (Lipinski definition) is 0. The van der Waals surface area contributed by atoms with Gasteiger partial charge >= 0.3 is 0 Å². The lowest BCUT2D eigenvalue weighted by Crippen LogP contribution is -2.00. The number of nitrogens with zero attached hydrogens (tertiary/aromatic N) is 3. The van der Waals surface area contributed by atoms with Crippen molar-refractivity contribution in [1.29, 1.82) is 0 Å². The van der Waals surface area contributed by atoms with E-state index in [9.17, 15) is 0 Å². The quantitative estimate of drug-likeness (QED) is 0.174. The van der Waals surface area contributed by atoms with Gasteiger partial charge in [-0.05, 0) is 62.5 Å². The van der Waals surface area contributed by atoms with Crippen LogP contribution in [0.3, 0.4) is 0 Å². The molecule has 10 rings (SSSR count). The van der Waals surface area contributed by atoms with E-state index in [2.05, 4.69) is 127 Å². The molecule has 0 fully saturated rings. The van der Waals surface area contributed by atoms with Crippen LogP contribution in [0.25, 0.3) is 99.9 Å². The Morgan fingerprint density at radius 2 is 0.863 bits per heavy atom. The van der Waals surface area contributed by atoms with Crippen molar-refractivity contribution in [1.82, 2.24) is 15.0 Å². The molecule has 0 N–H and O–H groups in total. The van der Waals surface area contributed by atoms with Gasteiger partial charge in [0.1, 0.15) is 11.2 Å². The maximum absolute atomic E-state index is 6.70. The van der Waals surface area contributed by atoms with E-state index in [1.165, 1.54) is 27.1 Å². The van der Waals surface area contributed by atoms with Crippen molar-refractivity contribution in [2.24, 2.45) is 0 Å². The van der Waals surface area contributed by atoms with Crippen LogP contribution in [0.5, 0.6) is 0 Å². The fourth-order valence-electron chi connectivity index (χ4n) is 7.21. The largest absolute Gasteiger partial charge is 0.455 e. The van der Waals surface area contributed by atoms with Crippen LogP contribution in [0.2, 0.25) is 0 Å². The summed E-state index contributed by atoms with van der Waals surface area (Å²) in [5.74, 6) is 1.83. The summed E-state index contributed by atoms with van der Waals surface area (Å²) in [6.07, 6.45) is 0. The molecule has 0 aliphatic heterocycles. The molecule has 0 unspecified atom stereocenters. The average molecular weight is 652 g/mol. The first-order valence-electron chi connectivity index (χ1n) is 17.1. The molecule has 0 amide bonds. The van der Waals surface area contributed by atoms with Crippen molar-refractivity contribution in [2.75, 3.05) is 0 Å². The third kappa shape index (κ3) is 5.04. The van der Waals surface area contributed by atoms with Gasteiger partial charge in [-0.2, -0.15) is 0 Å². The highest BCUT2D eigenvalue weighted by molar-refractivity contribution is 6.16. The maximum Gasteiger partial charge on any atom is 0.164 e. The minimum Gasteiger partial charge on any atom is -0.455 e. The van der Waals surface area contributed by atoms with Crippen LogP contribution >= 0.6 is 0 Å². The van der Waals surface area contributed by atoms with E-state index in [1.807, 2.05) is 48.5 Å². The molecular weight excluding hydrogens is 623 g/mol. The van der Waals surface area contributed by atoms with Gasteiger partial charge in [-0.25, -0.2) is 15.0 Å². The second kappa shape index (κ2) is 11.9. The predicted molar refractivity (Wildman–Crippen MR) is 209 cm³/mol.